The molecule has 0 spiro atoms. The highest BCUT2D eigenvalue weighted by Gasteiger charge is 2.25. The van der Waals surface area contributed by atoms with Crippen LogP contribution in [-0.4, -0.2) is 31.2 Å². The molecule has 2 unspecified atom stereocenters. The molecule has 18 heavy (non-hydrogen) atoms. The summed E-state index contributed by atoms with van der Waals surface area (Å²) in [5.74, 6) is 0.806. The molecule has 0 aromatic rings. The minimum absolute atomic E-state index is 0.0292. The van der Waals surface area contributed by atoms with E-state index in [1.807, 2.05) is 0 Å². The summed E-state index contributed by atoms with van der Waals surface area (Å²) >= 11 is 0. The number of hydrogen-bond acceptors (Lipinski definition) is 2. The fourth-order valence-corrected chi connectivity index (χ4v) is 2.19. The van der Waals surface area contributed by atoms with Crippen LogP contribution in [0.25, 0.3) is 0 Å². The molecule has 1 amide bonds. The third kappa shape index (κ3) is 6.87. The van der Waals surface area contributed by atoms with Gasteiger partial charge in [0.2, 0.25) is 0 Å². The molecule has 0 aliphatic rings. The standard InChI is InChI=1S/C15H31NO2/c1-7-8-9-10-11-13(4)14(12(2)3)18-15(17)16(5)6/h12-14H,7-11H2,1-6H3. The van der Waals surface area contributed by atoms with Crippen LogP contribution in [0.5, 0.6) is 0 Å². The second-order valence-corrected chi connectivity index (χ2v) is 5.81. The number of carbonyl (C=O) groups is 1. The zero-order chi connectivity index (χ0) is 14.1. The highest BCUT2D eigenvalue weighted by molar-refractivity contribution is 5.67. The molecule has 0 radical (unpaired) electrons. The highest BCUT2D eigenvalue weighted by Crippen LogP contribution is 2.22. The largest absolute Gasteiger partial charge is 0.446 e. The van der Waals surface area contributed by atoms with Crippen LogP contribution in [0.2, 0.25) is 0 Å². The van der Waals surface area contributed by atoms with Crippen molar-refractivity contribution in [3.63, 3.8) is 0 Å². The summed E-state index contributed by atoms with van der Waals surface area (Å²) in [6.07, 6.45) is 6.03. The van der Waals surface area contributed by atoms with Crippen molar-refractivity contribution in [1.82, 2.24) is 4.90 Å². The fraction of sp³-hybridized carbons (Fsp3) is 0.933. The predicted octanol–water partition coefficient (Wildman–Crippen LogP) is 4.32. The van der Waals surface area contributed by atoms with E-state index in [9.17, 15) is 4.79 Å². The van der Waals surface area contributed by atoms with Crippen LogP contribution in [-0.2, 0) is 4.74 Å². The van der Waals surface area contributed by atoms with E-state index in [0.29, 0.717) is 11.8 Å². The van der Waals surface area contributed by atoms with Gasteiger partial charge in [-0.2, -0.15) is 0 Å². The molecule has 0 rings (SSSR count). The Bertz CT molecular complexity index is 227. The van der Waals surface area contributed by atoms with Gasteiger partial charge in [0.15, 0.2) is 0 Å². The predicted molar refractivity (Wildman–Crippen MR) is 76.7 cm³/mol. The molecule has 0 aromatic heterocycles. The lowest BCUT2D eigenvalue weighted by atomic mass is 9.90. The summed E-state index contributed by atoms with van der Waals surface area (Å²) in [5, 5.41) is 0. The number of amides is 1. The van der Waals surface area contributed by atoms with Crippen molar-refractivity contribution in [2.75, 3.05) is 14.1 Å². The van der Waals surface area contributed by atoms with Crippen LogP contribution in [0.1, 0.15) is 59.8 Å². The zero-order valence-corrected chi connectivity index (χ0v) is 13.0. The van der Waals surface area contributed by atoms with E-state index >= 15 is 0 Å². The number of hydrogen-bond donors (Lipinski definition) is 0. The molecule has 2 atom stereocenters. The summed E-state index contributed by atoms with van der Waals surface area (Å²) in [6, 6.07) is 0. The van der Waals surface area contributed by atoms with Crippen molar-refractivity contribution < 1.29 is 9.53 Å². The lowest BCUT2D eigenvalue weighted by molar-refractivity contribution is 0.0191. The van der Waals surface area contributed by atoms with E-state index < -0.39 is 0 Å². The minimum Gasteiger partial charge on any atom is -0.446 e. The van der Waals surface area contributed by atoms with Gasteiger partial charge >= 0.3 is 6.09 Å². The van der Waals surface area contributed by atoms with Crippen molar-refractivity contribution >= 4 is 6.09 Å². The first kappa shape index (κ1) is 17.3. The number of rotatable bonds is 8. The second kappa shape index (κ2) is 9.23. The van der Waals surface area contributed by atoms with Gasteiger partial charge in [-0.25, -0.2) is 4.79 Å². The Kier molecular flexibility index (Phi) is 8.86. The van der Waals surface area contributed by atoms with Crippen molar-refractivity contribution in [1.29, 1.82) is 0 Å². The molecule has 0 aliphatic carbocycles. The molecular formula is C15H31NO2. The van der Waals surface area contributed by atoms with Crippen LogP contribution in [0, 0.1) is 11.8 Å². The van der Waals surface area contributed by atoms with E-state index in [4.69, 9.17) is 4.74 Å². The molecule has 0 heterocycles. The molecule has 0 fully saturated rings. The van der Waals surface area contributed by atoms with E-state index in [1.54, 1.807) is 14.1 Å². The molecule has 0 aromatic carbocycles. The van der Waals surface area contributed by atoms with Gasteiger partial charge in [0, 0.05) is 14.1 Å². The van der Waals surface area contributed by atoms with Crippen molar-refractivity contribution in [3.8, 4) is 0 Å². The first-order valence-corrected chi connectivity index (χ1v) is 7.28. The number of unbranched alkanes of at least 4 members (excludes halogenated alkanes) is 3. The van der Waals surface area contributed by atoms with E-state index in [1.165, 1.54) is 30.6 Å². The molecule has 3 heteroatoms. The van der Waals surface area contributed by atoms with Crippen molar-refractivity contribution in [2.24, 2.45) is 11.8 Å². The quantitative estimate of drug-likeness (QED) is 0.606. The van der Waals surface area contributed by atoms with E-state index in [0.717, 1.165) is 6.42 Å². The fourth-order valence-electron chi connectivity index (χ4n) is 2.19. The normalized spacial score (nSPS) is 14.4. The number of nitrogens with zero attached hydrogens (tertiary/aromatic N) is 1. The maximum absolute atomic E-state index is 11.6. The summed E-state index contributed by atoms with van der Waals surface area (Å²) < 4.78 is 5.58. The van der Waals surface area contributed by atoms with Crippen LogP contribution >= 0.6 is 0 Å². The highest BCUT2D eigenvalue weighted by atomic mass is 16.6. The SMILES string of the molecule is CCCCCCC(C)C(OC(=O)N(C)C)C(C)C. The Morgan fingerprint density at radius 1 is 1.11 bits per heavy atom. The summed E-state index contributed by atoms with van der Waals surface area (Å²) in [5.41, 5.74) is 0. The molecule has 0 aliphatic heterocycles. The second-order valence-electron chi connectivity index (χ2n) is 5.81. The monoisotopic (exact) mass is 257 g/mol. The average Bonchev–Trinajstić information content (AvgIpc) is 2.30. The lowest BCUT2D eigenvalue weighted by Crippen LogP contribution is -2.34. The zero-order valence-electron chi connectivity index (χ0n) is 13.0. The molecule has 3 nitrogen and oxygen atoms in total. The third-order valence-corrected chi connectivity index (χ3v) is 3.33. The molecule has 0 N–H and O–H groups in total. The van der Waals surface area contributed by atoms with Crippen molar-refractivity contribution in [2.45, 2.75) is 65.9 Å². The van der Waals surface area contributed by atoms with Crippen LogP contribution in [0.4, 0.5) is 4.79 Å². The number of carbonyl (C=O) groups excluding carboxylic acids is 1. The Labute approximate surface area is 113 Å². The maximum atomic E-state index is 11.6. The third-order valence-electron chi connectivity index (χ3n) is 3.33. The molecule has 0 saturated heterocycles. The van der Waals surface area contributed by atoms with Gasteiger partial charge in [-0.1, -0.05) is 53.4 Å². The van der Waals surface area contributed by atoms with Gasteiger partial charge in [0.1, 0.15) is 6.10 Å². The van der Waals surface area contributed by atoms with Gasteiger partial charge in [-0.3, -0.25) is 0 Å². The van der Waals surface area contributed by atoms with Crippen molar-refractivity contribution in [3.05, 3.63) is 0 Å². The Hall–Kier alpha value is -0.730. The molecule has 0 bridgehead atoms. The number of ether oxygens (including phenoxy) is 1. The Balaban J connectivity index is 4.19. The maximum Gasteiger partial charge on any atom is 0.409 e. The van der Waals surface area contributed by atoms with Crippen LogP contribution in [0.3, 0.4) is 0 Å². The Morgan fingerprint density at radius 2 is 1.72 bits per heavy atom. The van der Waals surface area contributed by atoms with Gasteiger partial charge in [0.05, 0.1) is 0 Å². The molecule has 108 valence electrons. The molecule has 0 saturated carbocycles. The van der Waals surface area contributed by atoms with E-state index in [2.05, 4.69) is 27.7 Å². The van der Waals surface area contributed by atoms with Gasteiger partial charge in [-0.05, 0) is 18.3 Å². The van der Waals surface area contributed by atoms with Crippen LogP contribution < -0.4 is 0 Å². The average molecular weight is 257 g/mol. The summed E-state index contributed by atoms with van der Waals surface area (Å²) in [6.45, 7) is 8.66. The first-order chi connectivity index (χ1) is 8.40. The minimum atomic E-state index is -0.228. The Morgan fingerprint density at radius 3 is 2.17 bits per heavy atom. The smallest absolute Gasteiger partial charge is 0.409 e. The van der Waals surface area contributed by atoms with Crippen LogP contribution in [0.15, 0.2) is 0 Å². The van der Waals surface area contributed by atoms with E-state index in [-0.39, 0.29) is 12.2 Å². The lowest BCUT2D eigenvalue weighted by Gasteiger charge is -2.28. The van der Waals surface area contributed by atoms with Gasteiger partial charge in [0.25, 0.3) is 0 Å². The molecular weight excluding hydrogens is 226 g/mol. The van der Waals surface area contributed by atoms with Gasteiger partial charge in [-0.15, -0.1) is 0 Å². The van der Waals surface area contributed by atoms with Gasteiger partial charge < -0.3 is 9.64 Å². The summed E-state index contributed by atoms with van der Waals surface area (Å²) in [7, 11) is 3.46. The topological polar surface area (TPSA) is 29.5 Å². The summed E-state index contributed by atoms with van der Waals surface area (Å²) in [4.78, 5) is 13.1. The first-order valence-electron chi connectivity index (χ1n) is 7.28.